The number of hydrogen-bond donors (Lipinski definition) is 2. The van der Waals surface area contributed by atoms with Crippen LogP contribution in [0.2, 0.25) is 0 Å². The van der Waals surface area contributed by atoms with E-state index in [0.29, 0.717) is 10.7 Å². The van der Waals surface area contributed by atoms with Gasteiger partial charge in [-0.2, -0.15) is 0 Å². The van der Waals surface area contributed by atoms with Gasteiger partial charge in [0.2, 0.25) is 10.7 Å². The fraction of sp³-hybridized carbons (Fsp3) is 0.200. The summed E-state index contributed by atoms with van der Waals surface area (Å²) >= 11 is 8.60. The first-order chi connectivity index (χ1) is 7.63. The maximum absolute atomic E-state index is 5.78. The largest absolute Gasteiger partial charge is 0.368 e. The van der Waals surface area contributed by atoms with Crippen molar-refractivity contribution >= 4 is 34.1 Å². The highest BCUT2D eigenvalue weighted by Crippen LogP contribution is 2.22. The summed E-state index contributed by atoms with van der Waals surface area (Å²) in [5.74, 6) is 0.377. The number of halogens is 1. The van der Waals surface area contributed by atoms with Gasteiger partial charge >= 0.3 is 0 Å². The number of nitrogens with zero attached hydrogens (tertiary/aromatic N) is 2. The molecule has 2 rings (SSSR count). The molecule has 0 aliphatic rings. The molecule has 4 nitrogen and oxygen atoms in total. The van der Waals surface area contributed by atoms with Crippen LogP contribution in [0.1, 0.15) is 12.5 Å². The molecule has 0 aliphatic carbocycles. The number of anilines is 1. The molecule has 1 aromatic heterocycles. The molecule has 1 heterocycles. The predicted octanol–water partition coefficient (Wildman–Crippen LogP) is 2.84. The molecular weight excluding hydrogens is 288 g/mol. The van der Waals surface area contributed by atoms with E-state index in [-0.39, 0.29) is 0 Å². The first kappa shape index (κ1) is 11.3. The lowest BCUT2D eigenvalue weighted by Gasteiger charge is -2.09. The van der Waals surface area contributed by atoms with Gasteiger partial charge in [0.1, 0.15) is 0 Å². The van der Waals surface area contributed by atoms with Crippen LogP contribution >= 0.6 is 28.1 Å². The minimum atomic E-state index is 0.377. The van der Waals surface area contributed by atoms with E-state index in [2.05, 4.69) is 39.1 Å². The number of nitrogens with one attached hydrogen (secondary N) is 1. The second kappa shape index (κ2) is 4.39. The van der Waals surface area contributed by atoms with Crippen molar-refractivity contribution in [3.8, 4) is 5.69 Å². The van der Waals surface area contributed by atoms with Crippen LogP contribution in [0.3, 0.4) is 0 Å². The first-order valence-corrected chi connectivity index (χ1v) is 6.05. The highest BCUT2D eigenvalue weighted by molar-refractivity contribution is 9.10. The minimum Gasteiger partial charge on any atom is -0.368 e. The van der Waals surface area contributed by atoms with E-state index in [1.165, 1.54) is 5.56 Å². The molecule has 0 fully saturated rings. The van der Waals surface area contributed by atoms with Gasteiger partial charge in [-0.25, -0.2) is 5.10 Å². The topological polar surface area (TPSA) is 59.6 Å². The lowest BCUT2D eigenvalue weighted by Crippen LogP contribution is -2.03. The van der Waals surface area contributed by atoms with Gasteiger partial charge in [-0.15, -0.1) is 5.10 Å². The van der Waals surface area contributed by atoms with Crippen LogP contribution in [0.5, 0.6) is 0 Å². The van der Waals surface area contributed by atoms with E-state index >= 15 is 0 Å². The van der Waals surface area contributed by atoms with Crippen LogP contribution in [0.15, 0.2) is 22.7 Å². The van der Waals surface area contributed by atoms with Gasteiger partial charge in [-0.1, -0.05) is 22.9 Å². The first-order valence-electron chi connectivity index (χ1n) is 4.85. The van der Waals surface area contributed by atoms with E-state index in [1.807, 2.05) is 12.1 Å². The molecular formula is C10H11BrN4S. The third-order valence-electron chi connectivity index (χ3n) is 2.36. The number of aromatic nitrogens is 3. The Bertz CT molecular complexity index is 572. The zero-order chi connectivity index (χ0) is 11.7. The smallest absolute Gasteiger partial charge is 0.225 e. The van der Waals surface area contributed by atoms with Crippen LogP contribution < -0.4 is 5.73 Å². The number of nitrogens with two attached hydrogens (primary N) is 1. The molecule has 0 saturated carbocycles. The third-order valence-corrected chi connectivity index (χ3v) is 3.13. The van der Waals surface area contributed by atoms with Crippen LogP contribution in [-0.2, 0) is 6.42 Å². The maximum atomic E-state index is 5.78. The number of rotatable bonds is 2. The average molecular weight is 299 g/mol. The maximum Gasteiger partial charge on any atom is 0.225 e. The summed E-state index contributed by atoms with van der Waals surface area (Å²) in [5, 5.41) is 6.58. The van der Waals surface area contributed by atoms with E-state index in [0.717, 1.165) is 16.6 Å². The molecule has 0 radical (unpaired) electrons. The van der Waals surface area contributed by atoms with Crippen molar-refractivity contribution in [3.63, 3.8) is 0 Å². The molecule has 16 heavy (non-hydrogen) atoms. The highest BCUT2D eigenvalue weighted by Gasteiger charge is 2.09. The molecule has 2 aromatic rings. The Hall–Kier alpha value is -1.14. The molecule has 0 saturated heterocycles. The van der Waals surface area contributed by atoms with Crippen LogP contribution in [0, 0.1) is 4.77 Å². The van der Waals surface area contributed by atoms with E-state index < -0.39 is 0 Å². The van der Waals surface area contributed by atoms with Gasteiger partial charge in [0.05, 0.1) is 5.69 Å². The van der Waals surface area contributed by atoms with Gasteiger partial charge in [-0.05, 0) is 42.4 Å². The molecule has 0 aliphatic heterocycles. The van der Waals surface area contributed by atoms with Crippen molar-refractivity contribution in [2.45, 2.75) is 13.3 Å². The predicted molar refractivity (Wildman–Crippen MR) is 70.2 cm³/mol. The summed E-state index contributed by atoms with van der Waals surface area (Å²) in [6.07, 6.45) is 0.904. The number of nitrogen functional groups attached to an aromatic ring is 1. The van der Waals surface area contributed by atoms with Gasteiger partial charge in [0.25, 0.3) is 0 Å². The lowest BCUT2D eigenvalue weighted by atomic mass is 10.1. The lowest BCUT2D eigenvalue weighted by molar-refractivity contribution is 0.993. The Morgan fingerprint density at radius 3 is 2.88 bits per heavy atom. The molecule has 0 unspecified atom stereocenters. The van der Waals surface area contributed by atoms with Gasteiger partial charge in [0.15, 0.2) is 0 Å². The van der Waals surface area contributed by atoms with Gasteiger partial charge < -0.3 is 5.73 Å². The summed E-state index contributed by atoms with van der Waals surface area (Å²) in [5.41, 5.74) is 7.92. The SMILES string of the molecule is CCc1cc(Br)ccc1-n1c(N)n[nH]c1=S. The Morgan fingerprint density at radius 2 is 2.31 bits per heavy atom. The summed E-state index contributed by atoms with van der Waals surface area (Å²) in [7, 11) is 0. The Labute approximate surface area is 107 Å². The Kier molecular flexibility index (Phi) is 3.11. The fourth-order valence-electron chi connectivity index (χ4n) is 1.60. The van der Waals surface area contributed by atoms with Gasteiger partial charge in [0, 0.05) is 4.47 Å². The Morgan fingerprint density at radius 1 is 1.56 bits per heavy atom. The zero-order valence-corrected chi connectivity index (χ0v) is 11.1. The van der Waals surface area contributed by atoms with E-state index in [9.17, 15) is 0 Å². The second-order valence-electron chi connectivity index (χ2n) is 3.35. The van der Waals surface area contributed by atoms with Crippen molar-refractivity contribution in [3.05, 3.63) is 33.0 Å². The normalized spacial score (nSPS) is 10.6. The third kappa shape index (κ3) is 1.90. The summed E-state index contributed by atoms with van der Waals surface area (Å²) in [6, 6.07) is 6.00. The van der Waals surface area contributed by atoms with Crippen LogP contribution in [0.25, 0.3) is 5.69 Å². The van der Waals surface area contributed by atoms with Crippen molar-refractivity contribution in [2.24, 2.45) is 0 Å². The van der Waals surface area contributed by atoms with Crippen LogP contribution in [-0.4, -0.2) is 14.8 Å². The average Bonchev–Trinajstić information content (AvgIpc) is 2.59. The molecule has 3 N–H and O–H groups in total. The summed E-state index contributed by atoms with van der Waals surface area (Å²) in [4.78, 5) is 0. The molecule has 0 spiro atoms. The molecule has 0 bridgehead atoms. The highest BCUT2D eigenvalue weighted by atomic mass is 79.9. The minimum absolute atomic E-state index is 0.377. The molecule has 84 valence electrons. The summed E-state index contributed by atoms with van der Waals surface area (Å²) in [6.45, 7) is 2.09. The van der Waals surface area contributed by atoms with Crippen molar-refractivity contribution in [2.75, 3.05) is 5.73 Å². The Balaban J connectivity index is 2.69. The monoisotopic (exact) mass is 298 g/mol. The number of hydrogen-bond acceptors (Lipinski definition) is 3. The fourth-order valence-corrected chi connectivity index (χ4v) is 2.24. The number of H-pyrrole nitrogens is 1. The second-order valence-corrected chi connectivity index (χ2v) is 4.65. The molecule has 1 aromatic carbocycles. The number of aromatic amines is 1. The summed E-state index contributed by atoms with van der Waals surface area (Å²) < 4.78 is 3.29. The van der Waals surface area contributed by atoms with Crippen molar-refractivity contribution in [1.29, 1.82) is 0 Å². The number of benzene rings is 1. The molecule has 6 heteroatoms. The van der Waals surface area contributed by atoms with E-state index in [4.69, 9.17) is 18.0 Å². The zero-order valence-electron chi connectivity index (χ0n) is 8.70. The molecule has 0 atom stereocenters. The van der Waals surface area contributed by atoms with Crippen LogP contribution in [0.4, 0.5) is 5.95 Å². The van der Waals surface area contributed by atoms with Crippen molar-refractivity contribution in [1.82, 2.24) is 14.8 Å². The van der Waals surface area contributed by atoms with Crippen molar-refractivity contribution < 1.29 is 0 Å². The number of aryl methyl sites for hydroxylation is 1. The molecule has 0 amide bonds. The van der Waals surface area contributed by atoms with Gasteiger partial charge in [-0.3, -0.25) is 4.57 Å². The standard InChI is InChI=1S/C10H11BrN4S/c1-2-6-5-7(11)3-4-8(6)15-9(12)13-14-10(15)16/h3-5H,2H2,1H3,(H2,12,13)(H,14,16). The quantitative estimate of drug-likeness (QED) is 0.838. The van der Waals surface area contributed by atoms with E-state index in [1.54, 1.807) is 4.57 Å².